The lowest BCUT2D eigenvalue weighted by molar-refractivity contribution is -0.672. The molecule has 1 aromatic heterocycles. The second-order valence-electron chi connectivity index (χ2n) is 10.6. The molecular weight excluding hydrogens is 400 g/mol. The van der Waals surface area contributed by atoms with Gasteiger partial charge in [-0.15, -0.1) is 0 Å². The minimum absolute atomic E-state index is 0.782. The summed E-state index contributed by atoms with van der Waals surface area (Å²) >= 11 is 0. The highest BCUT2D eigenvalue weighted by molar-refractivity contribution is 5.85. The van der Waals surface area contributed by atoms with Crippen molar-refractivity contribution < 1.29 is 4.57 Å². The minimum Gasteiger partial charge on any atom is -0.229 e. The molecule has 6 rings (SSSR count). The average molecular weight is 438 g/mol. The number of unbranched alkanes of at least 4 members (excludes halogenated alkanes) is 3. The molecule has 33 heavy (non-hydrogen) atoms. The number of aromatic nitrogens is 2. The second kappa shape index (κ2) is 8.63. The predicted molar refractivity (Wildman–Crippen MR) is 138 cm³/mol. The largest absolute Gasteiger partial charge is 0.249 e. The first-order valence-corrected chi connectivity index (χ1v) is 13.3. The third kappa shape index (κ3) is 3.59. The molecule has 4 aromatic rings. The Bertz CT molecular complexity index is 1300. The molecule has 0 spiro atoms. The Balaban J connectivity index is 1.46. The summed E-state index contributed by atoms with van der Waals surface area (Å²) in [6.45, 7) is 5.74. The van der Waals surface area contributed by atoms with Crippen molar-refractivity contribution in [3.05, 3.63) is 72.1 Å². The summed E-state index contributed by atoms with van der Waals surface area (Å²) in [6, 6.07) is 20.8. The van der Waals surface area contributed by atoms with E-state index in [0.717, 1.165) is 24.3 Å². The van der Waals surface area contributed by atoms with Gasteiger partial charge in [0.1, 0.15) is 5.69 Å². The van der Waals surface area contributed by atoms with E-state index in [1.54, 1.807) is 11.1 Å². The van der Waals surface area contributed by atoms with Crippen molar-refractivity contribution in [1.29, 1.82) is 0 Å². The summed E-state index contributed by atoms with van der Waals surface area (Å²) in [5.74, 6) is 2.50. The molecule has 0 amide bonds. The topological polar surface area (TPSA) is 8.81 Å². The van der Waals surface area contributed by atoms with Crippen molar-refractivity contribution >= 4 is 21.8 Å². The number of benzene rings is 3. The zero-order valence-electron chi connectivity index (χ0n) is 20.3. The van der Waals surface area contributed by atoms with E-state index < -0.39 is 0 Å². The highest BCUT2D eigenvalue weighted by atomic mass is 15.1. The Morgan fingerprint density at radius 2 is 1.70 bits per heavy atom. The number of nitrogens with zero attached hydrogens (tertiary/aromatic N) is 2. The Labute approximate surface area is 198 Å². The fourth-order valence-corrected chi connectivity index (χ4v) is 6.76. The van der Waals surface area contributed by atoms with Crippen molar-refractivity contribution in [3.8, 4) is 5.69 Å². The quantitative estimate of drug-likeness (QED) is 0.195. The molecule has 1 fully saturated rings. The molecule has 2 nitrogen and oxygen atoms in total. The van der Waals surface area contributed by atoms with E-state index in [1.165, 1.54) is 78.9 Å². The van der Waals surface area contributed by atoms with Crippen molar-refractivity contribution in [3.63, 3.8) is 0 Å². The maximum Gasteiger partial charge on any atom is 0.249 e. The van der Waals surface area contributed by atoms with Crippen LogP contribution in [0.15, 0.2) is 60.9 Å². The molecular formula is C31H37N2+. The normalized spacial score (nSPS) is 21.3. The lowest BCUT2D eigenvalue weighted by Gasteiger charge is -2.24. The van der Waals surface area contributed by atoms with E-state index in [0.29, 0.717) is 0 Å². The molecule has 0 saturated heterocycles. The van der Waals surface area contributed by atoms with Gasteiger partial charge in [-0.1, -0.05) is 63.4 Å². The van der Waals surface area contributed by atoms with Gasteiger partial charge in [-0.25, -0.2) is 4.57 Å². The van der Waals surface area contributed by atoms with Crippen LogP contribution < -0.4 is 4.57 Å². The lowest BCUT2D eigenvalue weighted by Crippen LogP contribution is -2.32. The van der Waals surface area contributed by atoms with Gasteiger partial charge in [0.25, 0.3) is 0 Å². The number of aryl methyl sites for hydroxylation is 1. The fourth-order valence-electron chi connectivity index (χ4n) is 6.76. The van der Waals surface area contributed by atoms with Gasteiger partial charge in [-0.05, 0) is 96.0 Å². The molecule has 0 N–H and O–H groups in total. The molecule has 2 aliphatic rings. The molecule has 1 heterocycles. The van der Waals surface area contributed by atoms with Crippen LogP contribution in [0.5, 0.6) is 0 Å². The first-order chi connectivity index (χ1) is 16.3. The van der Waals surface area contributed by atoms with Crippen LogP contribution in [0, 0.1) is 5.92 Å². The zero-order valence-corrected chi connectivity index (χ0v) is 20.3. The number of fused-ring (bicyclic) bond motifs is 7. The summed E-state index contributed by atoms with van der Waals surface area (Å²) in [4.78, 5) is 0. The molecule has 170 valence electrons. The molecule has 3 aromatic carbocycles. The molecule has 2 aliphatic carbocycles. The van der Waals surface area contributed by atoms with Crippen LogP contribution >= 0.6 is 0 Å². The lowest BCUT2D eigenvalue weighted by atomic mass is 9.81. The van der Waals surface area contributed by atoms with Gasteiger partial charge < -0.3 is 0 Å². The highest BCUT2D eigenvalue weighted by Crippen LogP contribution is 2.58. The fraction of sp³-hybridized carbons (Fsp3) is 0.452. The van der Waals surface area contributed by atoms with Crippen molar-refractivity contribution in [2.24, 2.45) is 5.92 Å². The second-order valence-corrected chi connectivity index (χ2v) is 10.6. The number of hydrogen-bond donors (Lipinski definition) is 0. The first kappa shape index (κ1) is 21.0. The summed E-state index contributed by atoms with van der Waals surface area (Å²) in [5.41, 5.74) is 7.43. The van der Waals surface area contributed by atoms with Crippen LogP contribution in [-0.4, -0.2) is 4.57 Å². The maximum atomic E-state index is 2.59. The third-order valence-corrected chi connectivity index (χ3v) is 8.48. The first-order valence-electron chi connectivity index (χ1n) is 13.3. The van der Waals surface area contributed by atoms with E-state index in [2.05, 4.69) is 83.9 Å². The Hall–Kier alpha value is -2.61. The molecule has 0 aliphatic heterocycles. The van der Waals surface area contributed by atoms with E-state index in [1.807, 2.05) is 0 Å². The van der Waals surface area contributed by atoms with Gasteiger partial charge in [-0.2, -0.15) is 4.57 Å². The monoisotopic (exact) mass is 437 g/mol. The number of rotatable bonds is 8. The third-order valence-electron chi connectivity index (χ3n) is 8.48. The molecule has 0 radical (unpaired) electrons. The van der Waals surface area contributed by atoms with E-state index in [-0.39, 0.29) is 0 Å². The minimum atomic E-state index is 0.782. The van der Waals surface area contributed by atoms with Crippen molar-refractivity contribution in [2.45, 2.75) is 83.6 Å². The Morgan fingerprint density at radius 3 is 2.55 bits per heavy atom. The molecule has 3 unspecified atom stereocenters. The summed E-state index contributed by atoms with van der Waals surface area (Å²) in [5, 5.41) is 2.62. The number of imidazole rings is 1. The van der Waals surface area contributed by atoms with Crippen LogP contribution in [0.2, 0.25) is 0 Å². The van der Waals surface area contributed by atoms with Gasteiger partial charge in [0.05, 0.1) is 6.54 Å². The van der Waals surface area contributed by atoms with E-state index in [4.69, 9.17) is 0 Å². The Kier molecular flexibility index (Phi) is 5.48. The highest BCUT2D eigenvalue weighted by Gasteiger charge is 2.44. The molecule has 2 heteroatoms. The van der Waals surface area contributed by atoms with Crippen molar-refractivity contribution in [1.82, 2.24) is 4.57 Å². The van der Waals surface area contributed by atoms with Gasteiger partial charge in [-0.3, -0.25) is 0 Å². The van der Waals surface area contributed by atoms with Gasteiger partial charge in [0, 0.05) is 0 Å². The Morgan fingerprint density at radius 1 is 0.848 bits per heavy atom. The van der Waals surface area contributed by atoms with Crippen molar-refractivity contribution in [2.75, 3.05) is 0 Å². The number of hydrogen-bond acceptors (Lipinski definition) is 0. The summed E-state index contributed by atoms with van der Waals surface area (Å²) in [6.07, 6.45) is 13.1. The van der Waals surface area contributed by atoms with Crippen LogP contribution in [0.1, 0.15) is 88.2 Å². The zero-order chi connectivity index (χ0) is 22.4. The molecule has 1 saturated carbocycles. The molecule has 3 atom stereocenters. The molecule has 2 bridgehead atoms. The maximum absolute atomic E-state index is 2.59. The van der Waals surface area contributed by atoms with Crippen LogP contribution in [-0.2, 0) is 6.54 Å². The van der Waals surface area contributed by atoms with Gasteiger partial charge >= 0.3 is 0 Å². The van der Waals surface area contributed by atoms with E-state index >= 15 is 0 Å². The summed E-state index contributed by atoms with van der Waals surface area (Å²) < 4.78 is 4.99. The average Bonchev–Trinajstić information content (AvgIpc) is 3.53. The predicted octanol–water partition coefficient (Wildman–Crippen LogP) is 8.04. The van der Waals surface area contributed by atoms with E-state index in [9.17, 15) is 0 Å². The standard InChI is InChI=1S/C31H37N2/c1-3-5-9-15-32-21-33(26-14-13-22-11-7-8-12-23(22)17-26)31-19-28-25-16-24(10-6-4-2)27(18-25)29(28)20-30(31)32/h7-8,11-14,17,19-21,24-25,27H,3-6,9-10,15-16,18H2,1-2H3/q+1. The van der Waals surface area contributed by atoms with Gasteiger partial charge in [0.2, 0.25) is 6.33 Å². The summed E-state index contributed by atoms with van der Waals surface area (Å²) in [7, 11) is 0. The van der Waals surface area contributed by atoms with Crippen LogP contribution in [0.25, 0.3) is 27.5 Å². The smallest absolute Gasteiger partial charge is 0.229 e. The van der Waals surface area contributed by atoms with Crippen LogP contribution in [0.3, 0.4) is 0 Å². The van der Waals surface area contributed by atoms with Gasteiger partial charge in [0.15, 0.2) is 11.0 Å². The SMILES string of the molecule is CCCCC[n+]1cn(-c2ccc3ccccc3c2)c2cc3c(cc21)C1CC3CC1CCCC. The van der Waals surface area contributed by atoms with Crippen LogP contribution in [0.4, 0.5) is 0 Å².